The van der Waals surface area contributed by atoms with Gasteiger partial charge in [-0.25, -0.2) is 15.8 Å². The molecule has 0 unspecified atom stereocenters. The fraction of sp³-hybridized carbons (Fsp3) is 0.0909. The van der Waals surface area contributed by atoms with Gasteiger partial charge < -0.3 is 11.2 Å². The Balaban J connectivity index is 2.09. The molecular weight excluding hydrogens is 234 g/mol. The Bertz CT molecular complexity index is 488. The molecule has 1 aromatic carbocycles. The molecule has 0 saturated carbocycles. The molecule has 0 aliphatic carbocycles. The maximum Gasteiger partial charge on any atom is 0.167 e. The van der Waals surface area contributed by atoms with E-state index in [1.807, 2.05) is 18.2 Å². The summed E-state index contributed by atoms with van der Waals surface area (Å²) in [4.78, 5) is 8.06. The van der Waals surface area contributed by atoms with Gasteiger partial charge in [-0.1, -0.05) is 42.1 Å². The van der Waals surface area contributed by atoms with Gasteiger partial charge >= 0.3 is 0 Å². The van der Waals surface area contributed by atoms with Crippen LogP contribution in [0.25, 0.3) is 0 Å². The SMILES string of the molecule is NNc1ncnc(SCc2ccccc2)c1N. The van der Waals surface area contributed by atoms with Crippen LogP contribution in [0.1, 0.15) is 5.56 Å². The summed E-state index contributed by atoms with van der Waals surface area (Å²) in [7, 11) is 0. The molecule has 88 valence electrons. The van der Waals surface area contributed by atoms with E-state index in [1.165, 1.54) is 11.9 Å². The van der Waals surface area contributed by atoms with Crippen LogP contribution in [0.4, 0.5) is 11.5 Å². The lowest BCUT2D eigenvalue weighted by atomic mass is 10.2. The van der Waals surface area contributed by atoms with E-state index in [2.05, 4.69) is 27.5 Å². The lowest BCUT2D eigenvalue weighted by molar-refractivity contribution is 1.05. The van der Waals surface area contributed by atoms with E-state index >= 15 is 0 Å². The van der Waals surface area contributed by atoms with Crippen LogP contribution in [0.3, 0.4) is 0 Å². The van der Waals surface area contributed by atoms with Crippen LogP contribution in [0.15, 0.2) is 41.7 Å². The quantitative estimate of drug-likeness (QED) is 0.329. The first kappa shape index (κ1) is 11.7. The summed E-state index contributed by atoms with van der Waals surface area (Å²) in [6, 6.07) is 10.1. The minimum Gasteiger partial charge on any atom is -0.393 e. The highest BCUT2D eigenvalue weighted by atomic mass is 32.2. The molecule has 1 aromatic heterocycles. The molecular formula is C11H13N5S. The first-order chi connectivity index (χ1) is 8.31. The molecule has 2 rings (SSSR count). The first-order valence-electron chi connectivity index (χ1n) is 5.05. The number of nitrogens with two attached hydrogens (primary N) is 2. The Hall–Kier alpha value is -1.79. The number of hydrazine groups is 1. The van der Waals surface area contributed by atoms with Crippen molar-refractivity contribution in [3.8, 4) is 0 Å². The van der Waals surface area contributed by atoms with Crippen LogP contribution in [0.5, 0.6) is 0 Å². The lowest BCUT2D eigenvalue weighted by Gasteiger charge is -2.07. The van der Waals surface area contributed by atoms with E-state index in [0.29, 0.717) is 11.5 Å². The number of aromatic nitrogens is 2. The Morgan fingerprint density at radius 3 is 2.65 bits per heavy atom. The van der Waals surface area contributed by atoms with Crippen molar-refractivity contribution in [1.29, 1.82) is 0 Å². The van der Waals surface area contributed by atoms with Gasteiger partial charge in [-0.05, 0) is 5.56 Å². The topological polar surface area (TPSA) is 89.8 Å². The highest BCUT2D eigenvalue weighted by molar-refractivity contribution is 7.98. The summed E-state index contributed by atoms with van der Waals surface area (Å²) in [5, 5.41) is 0.733. The molecule has 2 aromatic rings. The molecule has 5 nitrogen and oxygen atoms in total. The zero-order chi connectivity index (χ0) is 12.1. The summed E-state index contributed by atoms with van der Waals surface area (Å²) in [6.07, 6.45) is 1.44. The van der Waals surface area contributed by atoms with E-state index in [1.54, 1.807) is 11.8 Å². The molecule has 0 amide bonds. The van der Waals surface area contributed by atoms with Crippen molar-refractivity contribution < 1.29 is 0 Å². The zero-order valence-corrected chi connectivity index (χ0v) is 9.95. The largest absolute Gasteiger partial charge is 0.393 e. The van der Waals surface area contributed by atoms with Crippen molar-refractivity contribution in [2.45, 2.75) is 10.8 Å². The van der Waals surface area contributed by atoms with Crippen LogP contribution in [0, 0.1) is 0 Å². The molecule has 1 heterocycles. The Kier molecular flexibility index (Phi) is 3.79. The van der Waals surface area contributed by atoms with Gasteiger partial charge in [-0.2, -0.15) is 0 Å². The molecule has 0 radical (unpaired) electrons. The third kappa shape index (κ3) is 2.86. The van der Waals surface area contributed by atoms with Gasteiger partial charge in [-0.3, -0.25) is 0 Å². The number of hydrogen-bond donors (Lipinski definition) is 3. The van der Waals surface area contributed by atoms with Crippen LogP contribution in [-0.2, 0) is 5.75 Å². The van der Waals surface area contributed by atoms with Crippen LogP contribution in [-0.4, -0.2) is 9.97 Å². The minimum absolute atomic E-state index is 0.454. The molecule has 6 heteroatoms. The average Bonchev–Trinajstić information content (AvgIpc) is 2.39. The molecule has 0 spiro atoms. The van der Waals surface area contributed by atoms with E-state index in [0.717, 1.165) is 10.8 Å². The van der Waals surface area contributed by atoms with Gasteiger partial charge in [0.1, 0.15) is 17.0 Å². The second kappa shape index (κ2) is 5.51. The number of nitrogens with one attached hydrogen (secondary N) is 1. The second-order valence-electron chi connectivity index (χ2n) is 3.36. The van der Waals surface area contributed by atoms with Crippen molar-refractivity contribution in [2.75, 3.05) is 11.2 Å². The van der Waals surface area contributed by atoms with Crippen LogP contribution >= 0.6 is 11.8 Å². The van der Waals surface area contributed by atoms with Gasteiger partial charge in [0.25, 0.3) is 0 Å². The fourth-order valence-corrected chi connectivity index (χ4v) is 2.21. The number of benzene rings is 1. The molecule has 0 aliphatic heterocycles. The zero-order valence-electron chi connectivity index (χ0n) is 9.13. The van der Waals surface area contributed by atoms with E-state index < -0.39 is 0 Å². The predicted octanol–water partition coefficient (Wildman–Crippen LogP) is 1.64. The minimum atomic E-state index is 0.454. The number of hydrogen-bond acceptors (Lipinski definition) is 6. The Labute approximate surface area is 104 Å². The number of nitrogen functional groups attached to an aromatic ring is 2. The number of thioether (sulfide) groups is 1. The van der Waals surface area contributed by atoms with Gasteiger partial charge in [0.2, 0.25) is 0 Å². The summed E-state index contributed by atoms with van der Waals surface area (Å²) in [5.41, 5.74) is 10.0. The summed E-state index contributed by atoms with van der Waals surface area (Å²) >= 11 is 1.56. The van der Waals surface area contributed by atoms with Crippen molar-refractivity contribution in [1.82, 2.24) is 9.97 Å². The van der Waals surface area contributed by atoms with Crippen LogP contribution in [0.2, 0.25) is 0 Å². The Morgan fingerprint density at radius 2 is 1.94 bits per heavy atom. The van der Waals surface area contributed by atoms with E-state index in [-0.39, 0.29) is 0 Å². The van der Waals surface area contributed by atoms with Crippen molar-refractivity contribution in [3.63, 3.8) is 0 Å². The summed E-state index contributed by atoms with van der Waals surface area (Å²) in [6.45, 7) is 0. The van der Waals surface area contributed by atoms with Crippen molar-refractivity contribution in [3.05, 3.63) is 42.2 Å². The molecule has 0 aliphatic rings. The van der Waals surface area contributed by atoms with Gasteiger partial charge in [0.15, 0.2) is 5.82 Å². The number of nitrogens with zero attached hydrogens (tertiary/aromatic N) is 2. The Morgan fingerprint density at radius 1 is 1.18 bits per heavy atom. The van der Waals surface area contributed by atoms with Gasteiger partial charge in [0.05, 0.1) is 0 Å². The maximum absolute atomic E-state index is 5.87. The molecule has 0 fully saturated rings. The first-order valence-corrected chi connectivity index (χ1v) is 6.03. The van der Waals surface area contributed by atoms with Gasteiger partial charge in [-0.15, -0.1) is 0 Å². The maximum atomic E-state index is 5.87. The highest BCUT2D eigenvalue weighted by Gasteiger charge is 2.07. The normalized spacial score (nSPS) is 10.2. The molecule has 5 N–H and O–H groups in total. The standard InChI is InChI=1S/C11H13N5S/c12-9-10(16-13)14-7-15-11(9)17-6-8-4-2-1-3-5-8/h1-5,7H,6,12-13H2,(H,14,15,16). The van der Waals surface area contributed by atoms with Crippen molar-refractivity contribution >= 4 is 23.3 Å². The van der Waals surface area contributed by atoms with Crippen molar-refractivity contribution in [2.24, 2.45) is 5.84 Å². The molecule has 0 saturated heterocycles. The monoisotopic (exact) mass is 247 g/mol. The summed E-state index contributed by atoms with van der Waals surface area (Å²) in [5.74, 6) is 6.56. The van der Waals surface area contributed by atoms with E-state index in [4.69, 9.17) is 11.6 Å². The van der Waals surface area contributed by atoms with Crippen LogP contribution < -0.4 is 17.0 Å². The summed E-state index contributed by atoms with van der Waals surface area (Å²) < 4.78 is 0. The van der Waals surface area contributed by atoms with Gasteiger partial charge in [0, 0.05) is 5.75 Å². The smallest absolute Gasteiger partial charge is 0.167 e. The second-order valence-corrected chi connectivity index (χ2v) is 4.32. The number of rotatable bonds is 4. The predicted molar refractivity (Wildman–Crippen MR) is 70.3 cm³/mol. The molecule has 17 heavy (non-hydrogen) atoms. The average molecular weight is 247 g/mol. The third-order valence-corrected chi connectivity index (χ3v) is 3.28. The third-order valence-electron chi connectivity index (χ3n) is 2.20. The molecule has 0 bridgehead atoms. The number of anilines is 2. The highest BCUT2D eigenvalue weighted by Crippen LogP contribution is 2.28. The lowest BCUT2D eigenvalue weighted by Crippen LogP contribution is -2.11. The fourth-order valence-electron chi connectivity index (χ4n) is 1.34. The molecule has 0 atom stereocenters. The van der Waals surface area contributed by atoms with E-state index in [9.17, 15) is 0 Å².